The third kappa shape index (κ3) is 3.61. The van der Waals surface area contributed by atoms with Gasteiger partial charge < -0.3 is 14.4 Å². The highest BCUT2D eigenvalue weighted by atomic mass is 79.9. The van der Waals surface area contributed by atoms with E-state index in [1.807, 2.05) is 23.1 Å². The van der Waals surface area contributed by atoms with Gasteiger partial charge in [-0.2, -0.15) is 0 Å². The second-order valence-electron chi connectivity index (χ2n) is 6.80. The summed E-state index contributed by atoms with van der Waals surface area (Å²) >= 11 is 5.19. The van der Waals surface area contributed by atoms with Crippen LogP contribution >= 0.6 is 27.3 Å². The van der Waals surface area contributed by atoms with Crippen LogP contribution in [0.2, 0.25) is 0 Å². The lowest BCUT2D eigenvalue weighted by Gasteiger charge is -2.32. The lowest BCUT2D eigenvalue weighted by atomic mass is 9.98. The van der Waals surface area contributed by atoms with E-state index < -0.39 is 0 Å². The van der Waals surface area contributed by atoms with Gasteiger partial charge in [0.15, 0.2) is 0 Å². The van der Waals surface area contributed by atoms with Gasteiger partial charge in [-0.15, -0.1) is 11.3 Å². The molecule has 0 radical (unpaired) electrons. The zero-order chi connectivity index (χ0) is 19.7. The summed E-state index contributed by atoms with van der Waals surface area (Å²) in [7, 11) is 3.16. The van der Waals surface area contributed by atoms with Crippen molar-refractivity contribution in [3.63, 3.8) is 0 Å². The molecule has 4 rings (SSSR count). The molecule has 0 N–H and O–H groups in total. The number of likely N-dealkylation sites (tertiary alicyclic amines) is 1. The number of ether oxygens (including phenoxy) is 2. The summed E-state index contributed by atoms with van der Waals surface area (Å²) in [5, 5.41) is 1.12. The SMILES string of the molecule is COc1cc(C(=O)N2CCC[C@H](c3nc4ccccc4s3)C2)cc(OC)c1Br. The van der Waals surface area contributed by atoms with Crippen molar-refractivity contribution in [1.29, 1.82) is 0 Å². The van der Waals surface area contributed by atoms with E-state index in [1.165, 1.54) is 4.70 Å². The van der Waals surface area contributed by atoms with Gasteiger partial charge in [-0.1, -0.05) is 12.1 Å². The number of thiazole rings is 1. The van der Waals surface area contributed by atoms with Gasteiger partial charge in [-0.3, -0.25) is 4.79 Å². The summed E-state index contributed by atoms with van der Waals surface area (Å²) in [4.78, 5) is 19.9. The van der Waals surface area contributed by atoms with Crippen molar-refractivity contribution in [2.75, 3.05) is 27.3 Å². The minimum atomic E-state index is -0.00471. The van der Waals surface area contributed by atoms with E-state index in [4.69, 9.17) is 14.5 Å². The van der Waals surface area contributed by atoms with E-state index in [2.05, 4.69) is 22.0 Å². The van der Waals surface area contributed by atoms with Gasteiger partial charge in [0, 0.05) is 24.6 Å². The number of hydrogen-bond acceptors (Lipinski definition) is 5. The normalized spacial score (nSPS) is 17.0. The number of carbonyl (C=O) groups is 1. The number of carbonyl (C=O) groups excluding carboxylic acids is 1. The molecule has 3 aromatic rings. The van der Waals surface area contributed by atoms with Crippen molar-refractivity contribution in [2.24, 2.45) is 0 Å². The molecule has 0 unspecified atom stereocenters. The Hall–Kier alpha value is -2.12. The Kier molecular flexibility index (Phi) is 5.55. The number of aromatic nitrogens is 1. The van der Waals surface area contributed by atoms with Crippen LogP contribution in [-0.2, 0) is 0 Å². The summed E-state index contributed by atoms with van der Waals surface area (Å²) in [6, 6.07) is 11.7. The second kappa shape index (κ2) is 8.09. The molecule has 0 aliphatic carbocycles. The molecule has 2 aromatic carbocycles. The summed E-state index contributed by atoms with van der Waals surface area (Å²) in [6.07, 6.45) is 2.02. The van der Waals surface area contributed by atoms with Crippen molar-refractivity contribution in [3.8, 4) is 11.5 Å². The largest absolute Gasteiger partial charge is 0.495 e. The molecule has 28 heavy (non-hydrogen) atoms. The van der Waals surface area contributed by atoms with E-state index in [-0.39, 0.29) is 11.8 Å². The van der Waals surface area contributed by atoms with Gasteiger partial charge >= 0.3 is 0 Å². The van der Waals surface area contributed by atoms with Crippen LogP contribution in [0.4, 0.5) is 0 Å². The molecule has 2 heterocycles. The van der Waals surface area contributed by atoms with Gasteiger partial charge in [-0.05, 0) is 53.0 Å². The number of amides is 1. The van der Waals surface area contributed by atoms with Crippen LogP contribution in [-0.4, -0.2) is 43.1 Å². The summed E-state index contributed by atoms with van der Waals surface area (Å²) < 4.78 is 12.7. The first-order chi connectivity index (χ1) is 13.6. The predicted octanol–water partition coefficient (Wildman–Crippen LogP) is 5.10. The Balaban J connectivity index is 1.58. The van der Waals surface area contributed by atoms with E-state index >= 15 is 0 Å². The number of rotatable bonds is 4. The Bertz CT molecular complexity index is 962. The Labute approximate surface area is 176 Å². The molecule has 1 aliphatic rings. The Morgan fingerprint density at radius 2 is 1.93 bits per heavy atom. The molecule has 1 aliphatic heterocycles. The van der Waals surface area contributed by atoms with Crippen molar-refractivity contribution in [2.45, 2.75) is 18.8 Å². The molecule has 0 bridgehead atoms. The number of fused-ring (bicyclic) bond motifs is 1. The number of para-hydroxylation sites is 1. The molecule has 0 saturated carbocycles. The van der Waals surface area contributed by atoms with Gasteiger partial charge in [0.1, 0.15) is 16.0 Å². The number of halogens is 1. The van der Waals surface area contributed by atoms with Gasteiger partial charge in [0.25, 0.3) is 5.91 Å². The second-order valence-corrected chi connectivity index (χ2v) is 8.66. The fourth-order valence-corrected chi connectivity index (χ4v) is 5.25. The van der Waals surface area contributed by atoms with Crippen molar-refractivity contribution >= 4 is 43.4 Å². The van der Waals surface area contributed by atoms with Crippen molar-refractivity contribution in [3.05, 3.63) is 51.4 Å². The maximum atomic E-state index is 13.2. The first-order valence-electron chi connectivity index (χ1n) is 9.17. The first kappa shape index (κ1) is 19.2. The quantitative estimate of drug-likeness (QED) is 0.543. The number of hydrogen-bond donors (Lipinski definition) is 0. The number of nitrogens with zero attached hydrogens (tertiary/aromatic N) is 2. The Morgan fingerprint density at radius 3 is 2.61 bits per heavy atom. The van der Waals surface area contributed by atoms with Gasteiger partial charge in [0.2, 0.25) is 0 Å². The Morgan fingerprint density at radius 1 is 1.21 bits per heavy atom. The topological polar surface area (TPSA) is 51.7 Å². The summed E-state index contributed by atoms with van der Waals surface area (Å²) in [5.41, 5.74) is 1.61. The molecule has 5 nitrogen and oxygen atoms in total. The summed E-state index contributed by atoms with van der Waals surface area (Å²) in [6.45, 7) is 1.43. The van der Waals surface area contributed by atoms with Gasteiger partial charge in [0.05, 0.1) is 29.4 Å². The molecule has 1 amide bonds. The molecule has 146 valence electrons. The monoisotopic (exact) mass is 460 g/mol. The number of piperidine rings is 1. The van der Waals surface area contributed by atoms with Crippen molar-refractivity contribution < 1.29 is 14.3 Å². The molecule has 1 fully saturated rings. The minimum Gasteiger partial charge on any atom is -0.495 e. The lowest BCUT2D eigenvalue weighted by Crippen LogP contribution is -2.39. The number of methoxy groups -OCH3 is 2. The van der Waals surface area contributed by atoms with Crippen LogP contribution in [0.1, 0.15) is 34.1 Å². The highest BCUT2D eigenvalue weighted by molar-refractivity contribution is 9.10. The van der Waals surface area contributed by atoms with Gasteiger partial charge in [-0.25, -0.2) is 4.98 Å². The molecule has 7 heteroatoms. The van der Waals surface area contributed by atoms with Crippen molar-refractivity contribution in [1.82, 2.24) is 9.88 Å². The number of benzene rings is 2. The molecular formula is C21H21BrN2O3S. The highest BCUT2D eigenvalue weighted by Crippen LogP contribution is 2.37. The van der Waals surface area contributed by atoms with E-state index in [9.17, 15) is 4.79 Å². The van der Waals surface area contributed by atoms with Crippen LogP contribution in [0.15, 0.2) is 40.9 Å². The van der Waals surface area contributed by atoms with E-state index in [0.717, 1.165) is 29.9 Å². The maximum Gasteiger partial charge on any atom is 0.254 e. The fraction of sp³-hybridized carbons (Fsp3) is 0.333. The lowest BCUT2D eigenvalue weighted by molar-refractivity contribution is 0.0706. The van der Waals surface area contributed by atoms with Crippen LogP contribution in [0.25, 0.3) is 10.2 Å². The average Bonchev–Trinajstić information content (AvgIpc) is 3.18. The molecule has 0 spiro atoms. The zero-order valence-corrected chi connectivity index (χ0v) is 18.2. The van der Waals surface area contributed by atoms with Crippen LogP contribution < -0.4 is 9.47 Å². The maximum absolute atomic E-state index is 13.2. The molecule has 1 saturated heterocycles. The van der Waals surface area contributed by atoms with Crippen LogP contribution in [0.5, 0.6) is 11.5 Å². The standard InChI is InChI=1S/C21H21BrN2O3S/c1-26-16-10-14(11-17(27-2)19(16)22)21(25)24-9-5-6-13(12-24)20-23-15-7-3-4-8-18(15)28-20/h3-4,7-8,10-11,13H,5-6,9,12H2,1-2H3/t13-/m0/s1. The fourth-order valence-electron chi connectivity index (χ4n) is 3.60. The third-order valence-electron chi connectivity index (χ3n) is 5.06. The molecule has 1 aromatic heterocycles. The average molecular weight is 461 g/mol. The highest BCUT2D eigenvalue weighted by Gasteiger charge is 2.28. The van der Waals surface area contributed by atoms with E-state index in [1.54, 1.807) is 37.7 Å². The van der Waals surface area contributed by atoms with E-state index in [0.29, 0.717) is 28.1 Å². The minimum absolute atomic E-state index is 0.00471. The van der Waals surface area contributed by atoms with Crippen LogP contribution in [0, 0.1) is 0 Å². The summed E-state index contributed by atoms with van der Waals surface area (Å²) in [5.74, 6) is 1.44. The zero-order valence-electron chi connectivity index (χ0n) is 15.8. The molecular weight excluding hydrogens is 440 g/mol. The predicted molar refractivity (Wildman–Crippen MR) is 115 cm³/mol. The first-order valence-corrected chi connectivity index (χ1v) is 10.8. The molecule has 1 atom stereocenters. The smallest absolute Gasteiger partial charge is 0.254 e. The third-order valence-corrected chi connectivity index (χ3v) is 7.04. The van der Waals surface area contributed by atoms with Crippen LogP contribution in [0.3, 0.4) is 0 Å².